The molecule has 3 nitrogen and oxygen atoms in total. The van der Waals surface area contributed by atoms with Crippen LogP contribution >= 0.6 is 22.9 Å². The third-order valence-electron chi connectivity index (χ3n) is 3.27. The minimum Gasteiger partial charge on any atom is -0.369 e. The quantitative estimate of drug-likeness (QED) is 0.858. The Balaban J connectivity index is 1.90. The Morgan fingerprint density at radius 2 is 2.29 bits per heavy atom. The first kappa shape index (κ1) is 11.2. The molecule has 0 radical (unpaired) electrons. The van der Waals surface area contributed by atoms with Crippen LogP contribution in [0.1, 0.15) is 24.1 Å². The van der Waals surface area contributed by atoms with Crippen LogP contribution in [-0.4, -0.2) is 16.5 Å². The van der Waals surface area contributed by atoms with E-state index in [0.29, 0.717) is 5.28 Å². The average Bonchev–Trinajstić information content (AvgIpc) is 2.55. The molecule has 0 atom stereocenters. The standard InChI is InChI=1S/C12H14ClN3S/c1-7-5-9-10(14-6-8-3-2-4-8)15-12(13)16-11(9)17-7/h5,8H,2-4,6H2,1H3,(H,14,15,16). The van der Waals surface area contributed by atoms with Crippen molar-refractivity contribution in [1.82, 2.24) is 9.97 Å². The van der Waals surface area contributed by atoms with Crippen molar-refractivity contribution in [3.05, 3.63) is 16.2 Å². The summed E-state index contributed by atoms with van der Waals surface area (Å²) in [5.74, 6) is 1.69. The normalized spacial score (nSPS) is 16.1. The van der Waals surface area contributed by atoms with Gasteiger partial charge in [0.2, 0.25) is 5.28 Å². The number of anilines is 1. The number of fused-ring (bicyclic) bond motifs is 1. The lowest BCUT2D eigenvalue weighted by molar-refractivity contribution is 0.333. The molecule has 0 spiro atoms. The van der Waals surface area contributed by atoms with Gasteiger partial charge in [-0.2, -0.15) is 0 Å². The van der Waals surface area contributed by atoms with Gasteiger partial charge in [-0.3, -0.25) is 0 Å². The van der Waals surface area contributed by atoms with Gasteiger partial charge in [-0.05, 0) is 43.4 Å². The van der Waals surface area contributed by atoms with E-state index < -0.39 is 0 Å². The van der Waals surface area contributed by atoms with E-state index in [-0.39, 0.29) is 0 Å². The van der Waals surface area contributed by atoms with Gasteiger partial charge < -0.3 is 5.32 Å². The maximum Gasteiger partial charge on any atom is 0.225 e. The van der Waals surface area contributed by atoms with Crippen LogP contribution in [0.2, 0.25) is 5.28 Å². The molecule has 0 amide bonds. The van der Waals surface area contributed by atoms with Crippen LogP contribution in [0.15, 0.2) is 6.07 Å². The van der Waals surface area contributed by atoms with Crippen LogP contribution in [0.4, 0.5) is 5.82 Å². The minimum absolute atomic E-state index is 0.329. The molecule has 1 aliphatic rings. The number of hydrogen-bond donors (Lipinski definition) is 1. The summed E-state index contributed by atoms with van der Waals surface area (Å²) in [5.41, 5.74) is 0. The second-order valence-corrected chi connectivity index (χ2v) is 6.17. The second-order valence-electron chi connectivity index (χ2n) is 4.59. The van der Waals surface area contributed by atoms with E-state index in [0.717, 1.165) is 28.5 Å². The van der Waals surface area contributed by atoms with E-state index in [2.05, 4.69) is 28.3 Å². The third kappa shape index (κ3) is 2.24. The molecule has 2 heterocycles. The number of nitrogens with one attached hydrogen (secondary N) is 1. The number of thiophene rings is 1. The van der Waals surface area contributed by atoms with Crippen molar-refractivity contribution >= 4 is 39.0 Å². The third-order valence-corrected chi connectivity index (χ3v) is 4.38. The molecule has 0 aromatic carbocycles. The number of aryl methyl sites for hydroxylation is 1. The lowest BCUT2D eigenvalue weighted by Gasteiger charge is -2.25. The van der Waals surface area contributed by atoms with E-state index in [1.54, 1.807) is 11.3 Å². The second kappa shape index (κ2) is 4.42. The first-order chi connectivity index (χ1) is 8.22. The van der Waals surface area contributed by atoms with E-state index in [1.807, 2.05) is 0 Å². The fraction of sp³-hybridized carbons (Fsp3) is 0.500. The molecule has 2 aromatic heterocycles. The molecule has 0 bridgehead atoms. The van der Waals surface area contributed by atoms with Gasteiger partial charge in [0, 0.05) is 11.4 Å². The lowest BCUT2D eigenvalue weighted by Crippen LogP contribution is -2.21. The summed E-state index contributed by atoms with van der Waals surface area (Å²) < 4.78 is 0. The summed E-state index contributed by atoms with van der Waals surface area (Å²) in [7, 11) is 0. The molecule has 90 valence electrons. The Hall–Kier alpha value is -0.870. The zero-order valence-corrected chi connectivity index (χ0v) is 11.2. The molecule has 2 aromatic rings. The highest BCUT2D eigenvalue weighted by molar-refractivity contribution is 7.18. The molecule has 0 saturated heterocycles. The predicted octanol–water partition coefficient (Wildman–Crippen LogP) is 3.87. The SMILES string of the molecule is Cc1cc2c(NCC3CCC3)nc(Cl)nc2s1. The van der Waals surface area contributed by atoms with Gasteiger partial charge in [-0.1, -0.05) is 6.42 Å². The van der Waals surface area contributed by atoms with Crippen LogP contribution in [-0.2, 0) is 0 Å². The molecule has 17 heavy (non-hydrogen) atoms. The number of hydrogen-bond acceptors (Lipinski definition) is 4. The van der Waals surface area contributed by atoms with Crippen LogP contribution < -0.4 is 5.32 Å². The largest absolute Gasteiger partial charge is 0.369 e. The van der Waals surface area contributed by atoms with Crippen LogP contribution in [0.5, 0.6) is 0 Å². The van der Waals surface area contributed by atoms with Gasteiger partial charge in [0.1, 0.15) is 10.6 Å². The topological polar surface area (TPSA) is 37.8 Å². The summed E-state index contributed by atoms with van der Waals surface area (Å²) in [5, 5.41) is 4.84. The zero-order chi connectivity index (χ0) is 11.8. The highest BCUT2D eigenvalue weighted by atomic mass is 35.5. The van der Waals surface area contributed by atoms with E-state index in [4.69, 9.17) is 11.6 Å². The maximum absolute atomic E-state index is 5.94. The van der Waals surface area contributed by atoms with Gasteiger partial charge in [0.15, 0.2) is 0 Å². The van der Waals surface area contributed by atoms with Gasteiger partial charge in [-0.15, -0.1) is 11.3 Å². The van der Waals surface area contributed by atoms with Gasteiger partial charge in [0.05, 0.1) is 5.39 Å². The first-order valence-corrected chi connectivity index (χ1v) is 7.09. The Morgan fingerprint density at radius 1 is 1.47 bits per heavy atom. The molecule has 0 aliphatic heterocycles. The van der Waals surface area contributed by atoms with Crippen molar-refractivity contribution in [1.29, 1.82) is 0 Å². The van der Waals surface area contributed by atoms with Crippen molar-refractivity contribution in [2.45, 2.75) is 26.2 Å². The predicted molar refractivity (Wildman–Crippen MR) is 73.0 cm³/mol. The first-order valence-electron chi connectivity index (χ1n) is 5.90. The van der Waals surface area contributed by atoms with Crippen molar-refractivity contribution < 1.29 is 0 Å². The Bertz CT molecular complexity index is 548. The fourth-order valence-electron chi connectivity index (χ4n) is 2.09. The molecular weight excluding hydrogens is 254 g/mol. The number of nitrogens with zero attached hydrogens (tertiary/aromatic N) is 2. The van der Waals surface area contributed by atoms with Crippen molar-refractivity contribution in [2.24, 2.45) is 5.92 Å². The molecule has 1 fully saturated rings. The lowest BCUT2D eigenvalue weighted by atomic mass is 9.85. The van der Waals surface area contributed by atoms with Crippen LogP contribution in [0.25, 0.3) is 10.2 Å². The molecule has 3 rings (SSSR count). The van der Waals surface area contributed by atoms with Crippen LogP contribution in [0, 0.1) is 12.8 Å². The summed E-state index contributed by atoms with van der Waals surface area (Å²) in [4.78, 5) is 10.8. The number of aromatic nitrogens is 2. The van der Waals surface area contributed by atoms with E-state index in [9.17, 15) is 0 Å². The highest BCUT2D eigenvalue weighted by Crippen LogP contribution is 2.31. The molecule has 1 N–H and O–H groups in total. The van der Waals surface area contributed by atoms with Crippen molar-refractivity contribution in [3.63, 3.8) is 0 Å². The average molecular weight is 268 g/mol. The summed E-state index contributed by atoms with van der Waals surface area (Å²) >= 11 is 7.60. The maximum atomic E-state index is 5.94. The van der Waals surface area contributed by atoms with E-state index in [1.165, 1.54) is 24.1 Å². The smallest absolute Gasteiger partial charge is 0.225 e. The van der Waals surface area contributed by atoms with Gasteiger partial charge in [-0.25, -0.2) is 9.97 Å². The number of rotatable bonds is 3. The summed E-state index contributed by atoms with van der Waals surface area (Å²) in [6.45, 7) is 3.08. The summed E-state index contributed by atoms with van der Waals surface area (Å²) in [6.07, 6.45) is 4.03. The van der Waals surface area contributed by atoms with Crippen LogP contribution in [0.3, 0.4) is 0 Å². The molecule has 0 unspecified atom stereocenters. The zero-order valence-electron chi connectivity index (χ0n) is 9.66. The molecular formula is C12H14ClN3S. The van der Waals surface area contributed by atoms with Gasteiger partial charge >= 0.3 is 0 Å². The fourth-order valence-corrected chi connectivity index (χ4v) is 3.19. The van der Waals surface area contributed by atoms with Gasteiger partial charge in [0.25, 0.3) is 0 Å². The Kier molecular flexibility index (Phi) is 2.92. The molecule has 5 heteroatoms. The minimum atomic E-state index is 0.329. The van der Waals surface area contributed by atoms with Crippen molar-refractivity contribution in [3.8, 4) is 0 Å². The number of halogens is 1. The van der Waals surface area contributed by atoms with E-state index >= 15 is 0 Å². The monoisotopic (exact) mass is 267 g/mol. The highest BCUT2D eigenvalue weighted by Gasteiger charge is 2.18. The summed E-state index contributed by atoms with van der Waals surface area (Å²) in [6, 6.07) is 2.12. The molecule has 1 saturated carbocycles. The Morgan fingerprint density at radius 3 is 3.00 bits per heavy atom. The van der Waals surface area contributed by atoms with Crippen molar-refractivity contribution in [2.75, 3.05) is 11.9 Å². The molecule has 1 aliphatic carbocycles. The Labute approximate surface area is 109 Å².